The maximum absolute atomic E-state index is 13.7. The summed E-state index contributed by atoms with van der Waals surface area (Å²) in [5, 5.41) is 14.2. The molecule has 2 aromatic carbocycles. The number of thiophene rings is 1. The molecule has 2 atom stereocenters. The van der Waals surface area contributed by atoms with E-state index in [0.29, 0.717) is 13.0 Å². The summed E-state index contributed by atoms with van der Waals surface area (Å²) in [4.78, 5) is 45.7. The van der Waals surface area contributed by atoms with Crippen molar-refractivity contribution in [1.82, 2.24) is 14.8 Å². The highest BCUT2D eigenvalue weighted by Crippen LogP contribution is 2.43. The number of rotatable bonds is 4. The minimum Gasteiger partial charge on any atom is -0.356 e. The molecule has 2 amide bonds. The number of non-ortho nitro benzene ring substituents is 1. The van der Waals surface area contributed by atoms with Gasteiger partial charge in [-0.25, -0.2) is 0 Å². The minimum atomic E-state index is -0.631. The number of para-hydroxylation sites is 1. The van der Waals surface area contributed by atoms with E-state index in [1.54, 1.807) is 33.3 Å². The Morgan fingerprint density at radius 3 is 2.59 bits per heavy atom. The maximum Gasteiger partial charge on any atom is 0.269 e. The number of benzene rings is 2. The topological polar surface area (TPSA) is 99.5 Å². The van der Waals surface area contributed by atoms with E-state index in [1.807, 2.05) is 41.8 Å². The minimum absolute atomic E-state index is 0.00623. The van der Waals surface area contributed by atoms with Crippen LogP contribution in [0.4, 0.5) is 5.69 Å². The van der Waals surface area contributed by atoms with E-state index in [1.165, 1.54) is 12.1 Å². The number of hydrogen-bond acceptors (Lipinski definition) is 5. The molecule has 4 aromatic rings. The Morgan fingerprint density at radius 1 is 1.06 bits per heavy atom. The number of aromatic amines is 1. The number of nitro groups is 1. The largest absolute Gasteiger partial charge is 0.356 e. The van der Waals surface area contributed by atoms with Gasteiger partial charge in [0.15, 0.2) is 0 Å². The average molecular weight is 473 g/mol. The number of hydrogen-bond donors (Lipinski definition) is 1. The Bertz CT molecular complexity index is 1430. The zero-order valence-electron chi connectivity index (χ0n) is 18.0. The number of aromatic nitrogens is 1. The summed E-state index contributed by atoms with van der Waals surface area (Å²) in [5.74, 6) is -0.204. The van der Waals surface area contributed by atoms with Crippen molar-refractivity contribution in [2.45, 2.75) is 25.0 Å². The second-order valence-corrected chi connectivity index (χ2v) is 9.64. The predicted molar refractivity (Wildman–Crippen MR) is 127 cm³/mol. The number of nitrogens with zero attached hydrogens (tertiary/aromatic N) is 3. The van der Waals surface area contributed by atoms with Gasteiger partial charge in [-0.15, -0.1) is 11.3 Å². The van der Waals surface area contributed by atoms with Crippen molar-refractivity contribution in [3.63, 3.8) is 0 Å². The number of carbonyl (C=O) groups excluding carboxylic acids is 2. The van der Waals surface area contributed by atoms with Crippen LogP contribution < -0.4 is 0 Å². The fraction of sp³-hybridized carbons (Fsp3) is 0.200. The highest BCUT2D eigenvalue weighted by Gasteiger charge is 2.48. The van der Waals surface area contributed by atoms with Gasteiger partial charge in [-0.05, 0) is 40.8 Å². The van der Waals surface area contributed by atoms with Crippen LogP contribution in [0.2, 0.25) is 0 Å². The van der Waals surface area contributed by atoms with Gasteiger partial charge in [-0.2, -0.15) is 0 Å². The Hall–Kier alpha value is -3.98. The van der Waals surface area contributed by atoms with Gasteiger partial charge in [0.05, 0.1) is 17.5 Å². The number of fused-ring (bicyclic) bond motifs is 4. The first-order chi connectivity index (χ1) is 16.5. The smallest absolute Gasteiger partial charge is 0.269 e. The van der Waals surface area contributed by atoms with E-state index in [-0.39, 0.29) is 24.0 Å². The van der Waals surface area contributed by atoms with E-state index in [2.05, 4.69) is 4.98 Å². The summed E-state index contributed by atoms with van der Waals surface area (Å²) in [7, 11) is 0. The average Bonchev–Trinajstić information content (AvgIpc) is 3.49. The fourth-order valence-corrected chi connectivity index (χ4v) is 5.89. The lowest BCUT2D eigenvalue weighted by Gasteiger charge is -2.47. The Labute approximate surface area is 198 Å². The number of piperazine rings is 1. The van der Waals surface area contributed by atoms with Crippen molar-refractivity contribution in [2.75, 3.05) is 6.54 Å². The molecule has 2 aliphatic heterocycles. The van der Waals surface area contributed by atoms with Crippen LogP contribution in [0.3, 0.4) is 0 Å². The summed E-state index contributed by atoms with van der Waals surface area (Å²) in [6.45, 7) is 0.418. The number of carbonyl (C=O) groups is 2. The summed E-state index contributed by atoms with van der Waals surface area (Å²) in [6, 6.07) is 16.9. The van der Waals surface area contributed by atoms with Crippen LogP contribution in [0.1, 0.15) is 27.7 Å². The molecule has 170 valence electrons. The van der Waals surface area contributed by atoms with Crippen LogP contribution in [-0.2, 0) is 22.6 Å². The first-order valence-corrected chi connectivity index (χ1v) is 11.9. The molecule has 6 rings (SSSR count). The van der Waals surface area contributed by atoms with Crippen molar-refractivity contribution < 1.29 is 14.5 Å². The SMILES string of the molecule is O=C1[C@@H]2Cc3c([nH]c4ccccc34)[C@H](c3ccc([N+](=O)[O-])cc3)N2C(=O)CN1Cc1cccs1. The van der Waals surface area contributed by atoms with Crippen molar-refractivity contribution in [3.05, 3.63) is 97.9 Å². The van der Waals surface area contributed by atoms with Gasteiger partial charge in [0.2, 0.25) is 11.8 Å². The van der Waals surface area contributed by atoms with Crippen LogP contribution in [-0.4, -0.2) is 44.1 Å². The normalized spacial score (nSPS) is 19.9. The number of H-pyrrole nitrogens is 1. The van der Waals surface area contributed by atoms with Gasteiger partial charge in [0.25, 0.3) is 5.69 Å². The molecule has 0 spiro atoms. The molecule has 1 N–H and O–H groups in total. The third-order valence-electron chi connectivity index (χ3n) is 6.69. The van der Waals surface area contributed by atoms with Crippen LogP contribution in [0.5, 0.6) is 0 Å². The molecule has 0 saturated carbocycles. The van der Waals surface area contributed by atoms with Gasteiger partial charge in [0.1, 0.15) is 12.6 Å². The molecule has 2 aliphatic rings. The van der Waals surface area contributed by atoms with Crippen LogP contribution in [0.15, 0.2) is 66.0 Å². The van der Waals surface area contributed by atoms with E-state index in [0.717, 1.165) is 32.6 Å². The first kappa shape index (κ1) is 20.6. The molecule has 2 aromatic heterocycles. The molecule has 0 radical (unpaired) electrons. The molecule has 4 heterocycles. The zero-order valence-corrected chi connectivity index (χ0v) is 18.8. The highest BCUT2D eigenvalue weighted by atomic mass is 32.1. The summed E-state index contributed by atoms with van der Waals surface area (Å²) in [5.41, 5.74) is 3.53. The monoisotopic (exact) mass is 472 g/mol. The zero-order chi connectivity index (χ0) is 23.4. The van der Waals surface area contributed by atoms with Crippen molar-refractivity contribution in [3.8, 4) is 0 Å². The third-order valence-corrected chi connectivity index (χ3v) is 7.55. The van der Waals surface area contributed by atoms with Gasteiger partial charge >= 0.3 is 0 Å². The van der Waals surface area contributed by atoms with Gasteiger partial charge in [0, 0.05) is 40.0 Å². The van der Waals surface area contributed by atoms with E-state index in [9.17, 15) is 19.7 Å². The molecule has 8 nitrogen and oxygen atoms in total. The van der Waals surface area contributed by atoms with Crippen LogP contribution >= 0.6 is 11.3 Å². The second-order valence-electron chi connectivity index (χ2n) is 8.61. The molecule has 34 heavy (non-hydrogen) atoms. The predicted octanol–water partition coefficient (Wildman–Crippen LogP) is 4.02. The van der Waals surface area contributed by atoms with E-state index in [4.69, 9.17) is 0 Å². The second kappa shape index (κ2) is 7.81. The molecule has 0 unspecified atom stereocenters. The lowest BCUT2D eigenvalue weighted by molar-refractivity contribution is -0.384. The highest BCUT2D eigenvalue weighted by molar-refractivity contribution is 7.09. The number of amides is 2. The molecular weight excluding hydrogens is 452 g/mol. The third kappa shape index (κ3) is 3.19. The Kier molecular flexibility index (Phi) is 4.73. The first-order valence-electron chi connectivity index (χ1n) is 11.0. The van der Waals surface area contributed by atoms with E-state index >= 15 is 0 Å². The number of nitro benzene ring substituents is 1. The Morgan fingerprint density at radius 2 is 1.85 bits per heavy atom. The molecule has 1 saturated heterocycles. The van der Waals surface area contributed by atoms with Crippen molar-refractivity contribution in [1.29, 1.82) is 0 Å². The summed E-state index contributed by atoms with van der Waals surface area (Å²) >= 11 is 1.56. The van der Waals surface area contributed by atoms with E-state index < -0.39 is 17.0 Å². The van der Waals surface area contributed by atoms with Crippen LogP contribution in [0.25, 0.3) is 10.9 Å². The summed E-state index contributed by atoms with van der Waals surface area (Å²) in [6.07, 6.45) is 0.425. The Balaban J connectivity index is 1.47. The molecule has 9 heteroatoms. The van der Waals surface area contributed by atoms with Crippen LogP contribution in [0, 0.1) is 10.1 Å². The quantitative estimate of drug-likeness (QED) is 0.358. The molecule has 0 aliphatic carbocycles. The molecule has 1 fully saturated rings. The standard InChI is InChI=1S/C25H20N4O4S/c30-22-14-27(13-17-4-3-11-34-17)25(31)21-12-19-18-5-1-2-6-20(18)26-23(19)24(28(21)22)15-7-9-16(10-8-15)29(32)33/h1-11,21,24,26H,12-14H2/t21-,24-/m0/s1. The van der Waals surface area contributed by atoms with Gasteiger partial charge in [-0.3, -0.25) is 19.7 Å². The van der Waals surface area contributed by atoms with Crippen molar-refractivity contribution in [2.24, 2.45) is 0 Å². The lowest BCUT2D eigenvalue weighted by atomic mass is 9.86. The van der Waals surface area contributed by atoms with Crippen molar-refractivity contribution >= 4 is 39.7 Å². The molecular formula is C25H20N4O4S. The summed E-state index contributed by atoms with van der Waals surface area (Å²) < 4.78 is 0. The number of nitrogens with one attached hydrogen (secondary N) is 1. The molecule has 0 bridgehead atoms. The fourth-order valence-electron chi connectivity index (χ4n) is 5.17. The van der Waals surface area contributed by atoms with Gasteiger partial charge < -0.3 is 14.8 Å². The lowest BCUT2D eigenvalue weighted by Crippen LogP contribution is -2.62. The van der Waals surface area contributed by atoms with Gasteiger partial charge in [-0.1, -0.05) is 24.3 Å². The maximum atomic E-state index is 13.7.